The summed E-state index contributed by atoms with van der Waals surface area (Å²) in [5.74, 6) is 1.07. The highest BCUT2D eigenvalue weighted by Crippen LogP contribution is 2.16. The molecule has 1 fully saturated rings. The molecule has 0 bridgehead atoms. The van der Waals surface area contributed by atoms with Crippen LogP contribution in [0.25, 0.3) is 0 Å². The third-order valence-corrected chi connectivity index (χ3v) is 3.79. The van der Waals surface area contributed by atoms with E-state index in [0.717, 1.165) is 30.7 Å². The maximum absolute atomic E-state index is 12.0. The van der Waals surface area contributed by atoms with E-state index in [0.29, 0.717) is 19.7 Å². The van der Waals surface area contributed by atoms with Gasteiger partial charge in [0.05, 0.1) is 6.54 Å². The van der Waals surface area contributed by atoms with Gasteiger partial charge in [0.2, 0.25) is 0 Å². The summed E-state index contributed by atoms with van der Waals surface area (Å²) in [7, 11) is 0. The van der Waals surface area contributed by atoms with Crippen LogP contribution in [0, 0.1) is 12.8 Å². The van der Waals surface area contributed by atoms with Gasteiger partial charge >= 0.3 is 6.03 Å². The standard InChI is InChI=1S/C16H24N2O3/c1-13-5-2-3-7-15(13)21-10-8-17-16(20)18-9-4-6-14(11-18)12-19/h2-3,5,7,14,19H,4,6,8-12H2,1H3,(H,17,20). The molecule has 1 unspecified atom stereocenters. The molecule has 5 heteroatoms. The second-order valence-electron chi connectivity index (χ2n) is 5.48. The van der Waals surface area contributed by atoms with Crippen molar-refractivity contribution in [3.8, 4) is 5.75 Å². The summed E-state index contributed by atoms with van der Waals surface area (Å²) in [6.45, 7) is 4.49. The molecule has 1 atom stereocenters. The van der Waals surface area contributed by atoms with Crippen LogP contribution in [-0.4, -0.2) is 48.9 Å². The molecule has 2 N–H and O–H groups in total. The van der Waals surface area contributed by atoms with Gasteiger partial charge in [0.1, 0.15) is 12.4 Å². The van der Waals surface area contributed by atoms with Crippen LogP contribution < -0.4 is 10.1 Å². The number of piperidine rings is 1. The molecule has 2 amide bonds. The SMILES string of the molecule is Cc1ccccc1OCCNC(=O)N1CCCC(CO)C1. The molecule has 0 radical (unpaired) electrons. The topological polar surface area (TPSA) is 61.8 Å². The van der Waals surface area contributed by atoms with E-state index in [1.807, 2.05) is 31.2 Å². The molecule has 1 saturated heterocycles. The number of rotatable bonds is 5. The smallest absolute Gasteiger partial charge is 0.317 e. The van der Waals surface area contributed by atoms with Gasteiger partial charge in [-0.2, -0.15) is 0 Å². The van der Waals surface area contributed by atoms with E-state index in [1.54, 1.807) is 4.90 Å². The lowest BCUT2D eigenvalue weighted by Gasteiger charge is -2.31. The fraction of sp³-hybridized carbons (Fsp3) is 0.562. The number of hydrogen-bond donors (Lipinski definition) is 2. The molecule has 1 aromatic carbocycles. The van der Waals surface area contributed by atoms with Gasteiger partial charge in [-0.1, -0.05) is 18.2 Å². The Morgan fingerprint density at radius 3 is 3.05 bits per heavy atom. The summed E-state index contributed by atoms with van der Waals surface area (Å²) in [5, 5.41) is 12.0. The summed E-state index contributed by atoms with van der Waals surface area (Å²) in [6, 6.07) is 7.76. The first-order valence-corrected chi connectivity index (χ1v) is 7.52. The van der Waals surface area contributed by atoms with Crippen LogP contribution >= 0.6 is 0 Å². The Kier molecular flexibility index (Phi) is 5.87. The summed E-state index contributed by atoms with van der Waals surface area (Å²) in [6.07, 6.45) is 1.95. The van der Waals surface area contributed by atoms with Crippen molar-refractivity contribution in [1.82, 2.24) is 10.2 Å². The van der Waals surface area contributed by atoms with Gasteiger partial charge in [-0.05, 0) is 37.3 Å². The molecule has 2 rings (SSSR count). The molecule has 5 nitrogen and oxygen atoms in total. The minimum absolute atomic E-state index is 0.0680. The van der Waals surface area contributed by atoms with Crippen molar-refractivity contribution >= 4 is 6.03 Å². The van der Waals surface area contributed by atoms with Crippen molar-refractivity contribution in [3.63, 3.8) is 0 Å². The van der Waals surface area contributed by atoms with Gasteiger partial charge in [0.15, 0.2) is 0 Å². The Balaban J connectivity index is 1.68. The van der Waals surface area contributed by atoms with Gasteiger partial charge in [0.25, 0.3) is 0 Å². The number of benzene rings is 1. The van der Waals surface area contributed by atoms with Crippen molar-refractivity contribution in [1.29, 1.82) is 0 Å². The summed E-state index contributed by atoms with van der Waals surface area (Å²) in [5.41, 5.74) is 1.09. The van der Waals surface area contributed by atoms with Gasteiger partial charge in [0, 0.05) is 19.7 Å². The number of nitrogens with zero attached hydrogens (tertiary/aromatic N) is 1. The van der Waals surface area contributed by atoms with E-state index in [2.05, 4.69) is 5.32 Å². The maximum Gasteiger partial charge on any atom is 0.317 e. The summed E-state index contributed by atoms with van der Waals surface area (Å²) in [4.78, 5) is 13.8. The molecule has 116 valence electrons. The van der Waals surface area contributed by atoms with Crippen LogP contribution in [0.15, 0.2) is 24.3 Å². The number of urea groups is 1. The van der Waals surface area contributed by atoms with Gasteiger partial charge in [-0.25, -0.2) is 4.79 Å². The predicted octanol–water partition coefficient (Wildman–Crippen LogP) is 1.79. The Morgan fingerprint density at radius 2 is 2.29 bits per heavy atom. The highest BCUT2D eigenvalue weighted by molar-refractivity contribution is 5.74. The summed E-state index contributed by atoms with van der Waals surface area (Å²) >= 11 is 0. The molecular formula is C16H24N2O3. The van der Waals surface area contributed by atoms with Crippen LogP contribution in [0.4, 0.5) is 4.79 Å². The first-order valence-electron chi connectivity index (χ1n) is 7.52. The number of nitrogens with one attached hydrogen (secondary N) is 1. The number of aliphatic hydroxyl groups excluding tert-OH is 1. The first-order chi connectivity index (χ1) is 10.2. The number of likely N-dealkylation sites (tertiary alicyclic amines) is 1. The number of aliphatic hydroxyl groups is 1. The molecule has 0 spiro atoms. The zero-order chi connectivity index (χ0) is 15.1. The molecule has 0 saturated carbocycles. The van der Waals surface area contributed by atoms with E-state index in [4.69, 9.17) is 4.74 Å². The molecular weight excluding hydrogens is 268 g/mol. The van der Waals surface area contributed by atoms with E-state index in [-0.39, 0.29) is 18.6 Å². The number of carbonyl (C=O) groups excluding carboxylic acids is 1. The Bertz CT molecular complexity index is 465. The zero-order valence-corrected chi connectivity index (χ0v) is 12.5. The lowest BCUT2D eigenvalue weighted by molar-refractivity contribution is 0.129. The number of aryl methyl sites for hydroxylation is 1. The van der Waals surface area contributed by atoms with Crippen molar-refractivity contribution < 1.29 is 14.6 Å². The molecule has 0 aromatic heterocycles. The number of ether oxygens (including phenoxy) is 1. The summed E-state index contributed by atoms with van der Waals surface area (Å²) < 4.78 is 5.64. The van der Waals surface area contributed by atoms with Gasteiger partial charge < -0.3 is 20.1 Å². The first kappa shape index (κ1) is 15.6. The van der Waals surface area contributed by atoms with Crippen molar-refractivity contribution in [2.24, 2.45) is 5.92 Å². The third-order valence-electron chi connectivity index (χ3n) is 3.79. The molecule has 1 aliphatic rings. The van der Waals surface area contributed by atoms with Crippen LogP contribution in [0.2, 0.25) is 0 Å². The molecule has 1 aliphatic heterocycles. The largest absolute Gasteiger partial charge is 0.491 e. The average Bonchev–Trinajstić information content (AvgIpc) is 2.53. The quantitative estimate of drug-likeness (QED) is 0.813. The van der Waals surface area contributed by atoms with Crippen molar-refractivity contribution in [2.75, 3.05) is 32.8 Å². The van der Waals surface area contributed by atoms with Crippen LogP contribution in [0.3, 0.4) is 0 Å². The zero-order valence-electron chi connectivity index (χ0n) is 12.5. The Morgan fingerprint density at radius 1 is 1.48 bits per heavy atom. The van der Waals surface area contributed by atoms with Gasteiger partial charge in [-0.3, -0.25) is 0 Å². The van der Waals surface area contributed by atoms with Crippen LogP contribution in [0.1, 0.15) is 18.4 Å². The van der Waals surface area contributed by atoms with Crippen LogP contribution in [-0.2, 0) is 0 Å². The second kappa shape index (κ2) is 7.88. The fourth-order valence-corrected chi connectivity index (χ4v) is 2.55. The second-order valence-corrected chi connectivity index (χ2v) is 5.48. The number of hydrogen-bond acceptors (Lipinski definition) is 3. The molecule has 1 heterocycles. The lowest BCUT2D eigenvalue weighted by atomic mass is 9.99. The minimum atomic E-state index is -0.0680. The van der Waals surface area contributed by atoms with E-state index in [1.165, 1.54) is 0 Å². The Labute approximate surface area is 125 Å². The number of amides is 2. The van der Waals surface area contributed by atoms with Crippen molar-refractivity contribution in [3.05, 3.63) is 29.8 Å². The normalized spacial score (nSPS) is 18.4. The highest BCUT2D eigenvalue weighted by atomic mass is 16.5. The molecule has 1 aromatic rings. The van der Waals surface area contributed by atoms with Gasteiger partial charge in [-0.15, -0.1) is 0 Å². The molecule has 21 heavy (non-hydrogen) atoms. The van der Waals surface area contributed by atoms with E-state index in [9.17, 15) is 9.90 Å². The molecule has 0 aliphatic carbocycles. The monoisotopic (exact) mass is 292 g/mol. The predicted molar refractivity (Wildman–Crippen MR) is 81.5 cm³/mol. The average molecular weight is 292 g/mol. The van der Waals surface area contributed by atoms with E-state index < -0.39 is 0 Å². The highest BCUT2D eigenvalue weighted by Gasteiger charge is 2.22. The van der Waals surface area contributed by atoms with Crippen molar-refractivity contribution in [2.45, 2.75) is 19.8 Å². The Hall–Kier alpha value is -1.75. The van der Waals surface area contributed by atoms with E-state index >= 15 is 0 Å². The maximum atomic E-state index is 12.0. The third kappa shape index (κ3) is 4.63. The minimum Gasteiger partial charge on any atom is -0.491 e. The lowest BCUT2D eigenvalue weighted by Crippen LogP contribution is -2.47. The number of carbonyl (C=O) groups is 1. The number of para-hydroxylation sites is 1. The van der Waals surface area contributed by atoms with Crippen LogP contribution in [0.5, 0.6) is 5.75 Å². The fourth-order valence-electron chi connectivity index (χ4n) is 2.55.